The molecule has 0 atom stereocenters. The molecular formula is C15H14FN3O3. The van der Waals surface area contributed by atoms with Gasteiger partial charge in [0, 0.05) is 11.1 Å². The van der Waals surface area contributed by atoms with Gasteiger partial charge in [-0.05, 0) is 25.1 Å². The lowest BCUT2D eigenvalue weighted by atomic mass is 10.1. The molecule has 0 aliphatic carbocycles. The van der Waals surface area contributed by atoms with E-state index in [-0.39, 0.29) is 35.8 Å². The molecule has 3 rings (SSSR count). The van der Waals surface area contributed by atoms with Crippen molar-refractivity contribution in [2.24, 2.45) is 0 Å². The van der Waals surface area contributed by atoms with Crippen LogP contribution in [0.2, 0.25) is 0 Å². The molecule has 1 aliphatic heterocycles. The van der Waals surface area contributed by atoms with E-state index >= 15 is 0 Å². The van der Waals surface area contributed by atoms with E-state index in [4.69, 9.17) is 8.85 Å². The van der Waals surface area contributed by atoms with Crippen LogP contribution < -0.4 is 0 Å². The number of carbonyl (C=O) groups is 2. The topological polar surface area (TPSA) is 64.4 Å². The molecule has 0 spiro atoms. The molecule has 6 nitrogen and oxygen atoms in total. The second-order valence-corrected chi connectivity index (χ2v) is 4.68. The van der Waals surface area contributed by atoms with Crippen LogP contribution in [0.3, 0.4) is 0 Å². The Bertz CT molecular complexity index is 863. The number of nitrogens with zero attached hydrogens (tertiary/aromatic N) is 3. The summed E-state index contributed by atoms with van der Waals surface area (Å²) in [6.45, 7) is -1.41. The highest BCUT2D eigenvalue weighted by molar-refractivity contribution is 5.99. The summed E-state index contributed by atoms with van der Waals surface area (Å²) in [6, 6.07) is 3.45. The number of halogens is 1. The van der Waals surface area contributed by atoms with Crippen molar-refractivity contribution in [3.8, 4) is 5.69 Å². The van der Waals surface area contributed by atoms with Crippen LogP contribution in [0.4, 0.5) is 4.39 Å². The van der Waals surface area contributed by atoms with Crippen molar-refractivity contribution in [1.82, 2.24) is 14.5 Å². The Morgan fingerprint density at radius 3 is 3.09 bits per heavy atom. The Hall–Kier alpha value is -2.70. The third kappa shape index (κ3) is 2.14. The lowest BCUT2D eigenvalue weighted by Crippen LogP contribution is -2.26. The number of hydrogen-bond donors (Lipinski definition) is 0. The van der Waals surface area contributed by atoms with Crippen molar-refractivity contribution >= 4 is 11.9 Å². The summed E-state index contributed by atoms with van der Waals surface area (Å²) in [4.78, 5) is 29.3. The highest BCUT2D eigenvalue weighted by Crippen LogP contribution is 2.26. The van der Waals surface area contributed by atoms with Gasteiger partial charge in [0.2, 0.25) is 0 Å². The van der Waals surface area contributed by atoms with Crippen LogP contribution in [0.15, 0.2) is 24.5 Å². The third-order valence-corrected chi connectivity index (χ3v) is 3.34. The van der Waals surface area contributed by atoms with E-state index in [1.54, 1.807) is 6.92 Å². The maximum Gasteiger partial charge on any atom is 0.358 e. The fourth-order valence-electron chi connectivity index (χ4n) is 2.36. The number of fused-ring (bicyclic) bond motifs is 3. The smallest absolute Gasteiger partial charge is 0.358 e. The van der Waals surface area contributed by atoms with E-state index in [2.05, 4.69) is 4.98 Å². The van der Waals surface area contributed by atoms with Gasteiger partial charge in [0.1, 0.15) is 12.1 Å². The number of amides is 1. The number of ether oxygens (including phenoxy) is 1. The molecule has 0 fully saturated rings. The molecule has 2 heterocycles. The normalized spacial score (nSPS) is 16.0. The Labute approximate surface area is 130 Å². The molecule has 1 aromatic carbocycles. The number of carbonyl (C=O) groups excluding carboxylic acids is 2. The second-order valence-electron chi connectivity index (χ2n) is 4.68. The first-order valence-corrected chi connectivity index (χ1v) is 6.59. The SMILES string of the molecule is [2H]C([2H])([2H])N1Cc2c(C(=O)OCC)ncn2-c2ccc(F)cc2C1=O. The van der Waals surface area contributed by atoms with Crippen molar-refractivity contribution in [2.45, 2.75) is 13.5 Å². The monoisotopic (exact) mass is 306 g/mol. The molecule has 0 radical (unpaired) electrons. The minimum atomic E-state index is -2.77. The summed E-state index contributed by atoms with van der Waals surface area (Å²) >= 11 is 0. The van der Waals surface area contributed by atoms with Gasteiger partial charge in [-0.25, -0.2) is 14.2 Å². The molecule has 0 saturated heterocycles. The van der Waals surface area contributed by atoms with E-state index in [1.165, 1.54) is 17.0 Å². The molecule has 2 aromatic rings. The van der Waals surface area contributed by atoms with Crippen molar-refractivity contribution in [3.63, 3.8) is 0 Å². The van der Waals surface area contributed by atoms with Crippen LogP contribution in [0.25, 0.3) is 5.69 Å². The summed E-state index contributed by atoms with van der Waals surface area (Å²) in [5.74, 6) is -2.25. The highest BCUT2D eigenvalue weighted by atomic mass is 19.1. The zero-order valence-electron chi connectivity index (χ0n) is 14.7. The maximum absolute atomic E-state index is 13.6. The van der Waals surface area contributed by atoms with Gasteiger partial charge in [-0.1, -0.05) is 0 Å². The average Bonchev–Trinajstić information content (AvgIpc) is 2.89. The van der Waals surface area contributed by atoms with Gasteiger partial charge >= 0.3 is 5.97 Å². The van der Waals surface area contributed by atoms with E-state index < -0.39 is 24.7 Å². The van der Waals surface area contributed by atoms with E-state index in [1.807, 2.05) is 0 Å². The van der Waals surface area contributed by atoms with Crippen LogP contribution in [-0.4, -0.2) is 39.9 Å². The van der Waals surface area contributed by atoms with Gasteiger partial charge in [-0.3, -0.25) is 9.36 Å². The molecule has 7 heteroatoms. The van der Waals surface area contributed by atoms with E-state index in [0.717, 1.165) is 12.1 Å². The first-order chi connectivity index (χ1) is 11.7. The molecule has 0 unspecified atom stereocenters. The Morgan fingerprint density at radius 2 is 2.36 bits per heavy atom. The molecular weight excluding hydrogens is 289 g/mol. The standard InChI is InChI=1S/C15H14FN3O3/c1-3-22-15(21)13-12-7-18(2)14(20)10-6-9(16)4-5-11(10)19(12)8-17-13/h4-6,8H,3,7H2,1-2H3/i2D3. The maximum atomic E-state index is 13.6. The van der Waals surface area contributed by atoms with Crippen LogP contribution in [0, 0.1) is 5.82 Å². The highest BCUT2D eigenvalue weighted by Gasteiger charge is 2.29. The zero-order chi connectivity index (χ0) is 18.4. The second kappa shape index (κ2) is 5.25. The molecule has 0 N–H and O–H groups in total. The summed E-state index contributed by atoms with van der Waals surface area (Å²) in [5.41, 5.74) is 0.230. The van der Waals surface area contributed by atoms with Crippen LogP contribution in [-0.2, 0) is 11.3 Å². The first-order valence-electron chi connectivity index (χ1n) is 8.09. The summed E-state index contributed by atoms with van der Waals surface area (Å²) < 4.78 is 42.8. The fourth-order valence-corrected chi connectivity index (χ4v) is 2.36. The first kappa shape index (κ1) is 10.9. The largest absolute Gasteiger partial charge is 0.461 e. The molecule has 114 valence electrons. The Balaban J connectivity index is 2.24. The van der Waals surface area contributed by atoms with Crippen molar-refractivity contribution in [1.29, 1.82) is 0 Å². The Kier molecular flexibility index (Phi) is 2.61. The quantitative estimate of drug-likeness (QED) is 0.793. The number of imidazole rings is 1. The number of benzene rings is 1. The van der Waals surface area contributed by atoms with Gasteiger partial charge in [0.15, 0.2) is 5.69 Å². The minimum Gasteiger partial charge on any atom is -0.461 e. The average molecular weight is 306 g/mol. The van der Waals surface area contributed by atoms with Crippen molar-refractivity contribution in [3.05, 3.63) is 47.3 Å². The summed E-state index contributed by atoms with van der Waals surface area (Å²) in [5, 5.41) is 0. The minimum absolute atomic E-state index is 0.0823. The number of aromatic nitrogens is 2. The van der Waals surface area contributed by atoms with Gasteiger partial charge < -0.3 is 9.64 Å². The van der Waals surface area contributed by atoms with Crippen molar-refractivity contribution < 1.29 is 22.8 Å². The van der Waals surface area contributed by atoms with Crippen LogP contribution >= 0.6 is 0 Å². The number of hydrogen-bond acceptors (Lipinski definition) is 4. The van der Waals surface area contributed by atoms with Crippen LogP contribution in [0.1, 0.15) is 37.6 Å². The third-order valence-electron chi connectivity index (χ3n) is 3.34. The van der Waals surface area contributed by atoms with Crippen LogP contribution in [0.5, 0.6) is 0 Å². The van der Waals surface area contributed by atoms with E-state index in [0.29, 0.717) is 4.90 Å². The molecule has 0 bridgehead atoms. The molecule has 22 heavy (non-hydrogen) atoms. The van der Waals surface area contributed by atoms with Crippen molar-refractivity contribution in [2.75, 3.05) is 13.6 Å². The molecule has 1 amide bonds. The molecule has 0 saturated carbocycles. The lowest BCUT2D eigenvalue weighted by Gasteiger charge is -2.14. The molecule has 1 aliphatic rings. The van der Waals surface area contributed by atoms with E-state index in [9.17, 15) is 14.0 Å². The molecule has 1 aromatic heterocycles. The Morgan fingerprint density at radius 1 is 1.55 bits per heavy atom. The van der Waals surface area contributed by atoms with Gasteiger partial charge in [-0.15, -0.1) is 0 Å². The summed E-state index contributed by atoms with van der Waals surface area (Å²) in [7, 11) is 0. The zero-order valence-corrected chi connectivity index (χ0v) is 11.7. The summed E-state index contributed by atoms with van der Waals surface area (Å²) in [6.07, 6.45) is 1.29. The number of rotatable bonds is 2. The van der Waals surface area contributed by atoms with Gasteiger partial charge in [0.05, 0.1) is 30.1 Å². The van der Waals surface area contributed by atoms with Gasteiger partial charge in [0.25, 0.3) is 5.91 Å². The lowest BCUT2D eigenvalue weighted by molar-refractivity contribution is 0.0516. The number of esters is 1. The fraction of sp³-hybridized carbons (Fsp3) is 0.267. The predicted molar refractivity (Wildman–Crippen MR) is 75.3 cm³/mol. The van der Waals surface area contributed by atoms with Gasteiger partial charge in [-0.2, -0.15) is 0 Å². The predicted octanol–water partition coefficient (Wildman–Crippen LogP) is 1.77.